The fourth-order valence-corrected chi connectivity index (χ4v) is 1.78. The molecule has 2 rings (SSSR count). The Morgan fingerprint density at radius 3 is 2.39 bits per heavy atom. The molecule has 2 N–H and O–H groups in total. The van der Waals surface area contributed by atoms with E-state index in [-0.39, 0.29) is 0 Å². The van der Waals surface area contributed by atoms with Crippen molar-refractivity contribution in [1.29, 1.82) is 0 Å². The van der Waals surface area contributed by atoms with Gasteiger partial charge in [-0.2, -0.15) is 0 Å². The molecular formula is C14H14O4. The average Bonchev–Trinajstić information content (AvgIpc) is 2.37. The molecule has 0 bridgehead atoms. The van der Waals surface area contributed by atoms with Gasteiger partial charge in [-0.3, -0.25) is 0 Å². The molecule has 0 aliphatic carbocycles. The van der Waals surface area contributed by atoms with Crippen LogP contribution in [-0.2, 0) is 10.4 Å². The Morgan fingerprint density at radius 2 is 1.78 bits per heavy atom. The van der Waals surface area contributed by atoms with Gasteiger partial charge >= 0.3 is 5.97 Å². The molecule has 0 fully saturated rings. The van der Waals surface area contributed by atoms with Crippen LogP contribution in [0.5, 0.6) is 5.75 Å². The van der Waals surface area contributed by atoms with Gasteiger partial charge in [-0.1, -0.05) is 18.2 Å². The monoisotopic (exact) mass is 246 g/mol. The Morgan fingerprint density at radius 1 is 1.17 bits per heavy atom. The Balaban J connectivity index is 2.55. The van der Waals surface area contributed by atoms with Crippen molar-refractivity contribution in [3.63, 3.8) is 0 Å². The molecule has 94 valence electrons. The summed E-state index contributed by atoms with van der Waals surface area (Å²) >= 11 is 0. The molecule has 0 aromatic heterocycles. The average molecular weight is 246 g/mol. The number of carbonyl (C=O) groups is 1. The second-order valence-electron chi connectivity index (χ2n) is 4.31. The highest BCUT2D eigenvalue weighted by Crippen LogP contribution is 2.27. The molecule has 0 amide bonds. The number of aliphatic carboxylic acids is 1. The lowest BCUT2D eigenvalue weighted by atomic mass is 9.94. The highest BCUT2D eigenvalue weighted by atomic mass is 16.5. The van der Waals surface area contributed by atoms with Gasteiger partial charge in [-0.05, 0) is 41.5 Å². The van der Waals surface area contributed by atoms with Gasteiger partial charge in [-0.15, -0.1) is 0 Å². The lowest BCUT2D eigenvalue weighted by molar-refractivity contribution is -0.157. The zero-order valence-electron chi connectivity index (χ0n) is 10.2. The third-order valence-electron chi connectivity index (χ3n) is 3.03. The van der Waals surface area contributed by atoms with Crippen molar-refractivity contribution in [3.8, 4) is 5.75 Å². The molecular weight excluding hydrogens is 232 g/mol. The SMILES string of the molecule is COc1ccc2cc(C(C)(O)C(=O)O)ccc2c1. The van der Waals surface area contributed by atoms with Crippen molar-refractivity contribution in [2.24, 2.45) is 0 Å². The number of carboxylic acid groups (broad SMARTS) is 1. The first-order valence-corrected chi connectivity index (χ1v) is 5.49. The maximum Gasteiger partial charge on any atom is 0.340 e. The summed E-state index contributed by atoms with van der Waals surface area (Å²) in [5.74, 6) is -0.532. The van der Waals surface area contributed by atoms with Crippen LogP contribution in [0.25, 0.3) is 10.8 Å². The van der Waals surface area contributed by atoms with E-state index in [0.717, 1.165) is 16.5 Å². The van der Waals surface area contributed by atoms with Crippen LogP contribution in [0.3, 0.4) is 0 Å². The summed E-state index contributed by atoms with van der Waals surface area (Å²) in [7, 11) is 1.59. The van der Waals surface area contributed by atoms with Gasteiger partial charge in [-0.25, -0.2) is 4.79 Å². The van der Waals surface area contributed by atoms with Crippen LogP contribution in [0.2, 0.25) is 0 Å². The van der Waals surface area contributed by atoms with Crippen molar-refractivity contribution in [3.05, 3.63) is 42.0 Å². The minimum Gasteiger partial charge on any atom is -0.497 e. The molecule has 0 aliphatic heterocycles. The third-order valence-corrected chi connectivity index (χ3v) is 3.03. The summed E-state index contributed by atoms with van der Waals surface area (Å²) in [6, 6.07) is 10.5. The predicted octanol–water partition coefficient (Wildman–Crippen LogP) is 2.14. The zero-order chi connectivity index (χ0) is 13.3. The quantitative estimate of drug-likeness (QED) is 0.870. The summed E-state index contributed by atoms with van der Waals surface area (Å²) in [5.41, 5.74) is -1.53. The molecule has 0 spiro atoms. The Labute approximate surface area is 104 Å². The van der Waals surface area contributed by atoms with Gasteiger partial charge in [0.2, 0.25) is 0 Å². The first-order chi connectivity index (χ1) is 8.45. The smallest absolute Gasteiger partial charge is 0.340 e. The number of benzene rings is 2. The lowest BCUT2D eigenvalue weighted by Gasteiger charge is -2.18. The van der Waals surface area contributed by atoms with E-state index in [1.54, 1.807) is 31.4 Å². The van der Waals surface area contributed by atoms with E-state index in [1.807, 2.05) is 12.1 Å². The van der Waals surface area contributed by atoms with E-state index in [0.29, 0.717) is 5.56 Å². The minimum absolute atomic E-state index is 0.354. The van der Waals surface area contributed by atoms with Gasteiger partial charge in [0.25, 0.3) is 0 Å². The van der Waals surface area contributed by atoms with Gasteiger partial charge in [0.1, 0.15) is 5.75 Å². The number of hydrogen-bond donors (Lipinski definition) is 2. The predicted molar refractivity (Wildman–Crippen MR) is 67.7 cm³/mol. The number of methoxy groups -OCH3 is 1. The number of rotatable bonds is 3. The maximum absolute atomic E-state index is 11.0. The number of ether oxygens (including phenoxy) is 1. The number of fused-ring (bicyclic) bond motifs is 1. The molecule has 2 aromatic rings. The van der Waals surface area contributed by atoms with Crippen molar-refractivity contribution in [1.82, 2.24) is 0 Å². The van der Waals surface area contributed by atoms with Crippen LogP contribution in [-0.4, -0.2) is 23.3 Å². The normalized spacial score (nSPS) is 14.2. The molecule has 4 heteroatoms. The van der Waals surface area contributed by atoms with E-state index < -0.39 is 11.6 Å². The van der Waals surface area contributed by atoms with E-state index in [9.17, 15) is 9.90 Å². The molecule has 0 saturated heterocycles. The lowest BCUT2D eigenvalue weighted by Crippen LogP contribution is -2.31. The molecule has 2 aromatic carbocycles. The fourth-order valence-electron chi connectivity index (χ4n) is 1.78. The molecule has 0 aliphatic rings. The minimum atomic E-state index is -1.88. The van der Waals surface area contributed by atoms with E-state index in [1.165, 1.54) is 6.92 Å². The highest BCUT2D eigenvalue weighted by Gasteiger charge is 2.32. The molecule has 0 saturated carbocycles. The Hall–Kier alpha value is -2.07. The molecule has 1 unspecified atom stereocenters. The van der Waals surface area contributed by atoms with E-state index >= 15 is 0 Å². The topological polar surface area (TPSA) is 66.8 Å². The van der Waals surface area contributed by atoms with Crippen LogP contribution < -0.4 is 4.74 Å². The molecule has 0 radical (unpaired) electrons. The van der Waals surface area contributed by atoms with Crippen molar-refractivity contribution >= 4 is 16.7 Å². The molecule has 18 heavy (non-hydrogen) atoms. The first kappa shape index (κ1) is 12.4. The second-order valence-corrected chi connectivity index (χ2v) is 4.31. The number of hydrogen-bond acceptors (Lipinski definition) is 3. The van der Waals surface area contributed by atoms with Crippen LogP contribution in [0.15, 0.2) is 36.4 Å². The van der Waals surface area contributed by atoms with Crippen molar-refractivity contribution in [2.45, 2.75) is 12.5 Å². The van der Waals surface area contributed by atoms with E-state index in [2.05, 4.69) is 0 Å². The van der Waals surface area contributed by atoms with Crippen LogP contribution in [0.4, 0.5) is 0 Å². The molecule has 0 heterocycles. The summed E-state index contributed by atoms with van der Waals surface area (Å²) in [5, 5.41) is 20.7. The summed E-state index contributed by atoms with van der Waals surface area (Å²) in [4.78, 5) is 11.0. The van der Waals surface area contributed by atoms with Crippen LogP contribution >= 0.6 is 0 Å². The number of aliphatic hydroxyl groups is 1. The second kappa shape index (κ2) is 4.31. The zero-order valence-corrected chi connectivity index (χ0v) is 10.2. The van der Waals surface area contributed by atoms with Gasteiger partial charge in [0.05, 0.1) is 7.11 Å². The van der Waals surface area contributed by atoms with Crippen molar-refractivity contribution < 1.29 is 19.7 Å². The summed E-state index contributed by atoms with van der Waals surface area (Å²) in [6.07, 6.45) is 0. The highest BCUT2D eigenvalue weighted by molar-refractivity contribution is 5.87. The summed E-state index contributed by atoms with van der Waals surface area (Å²) in [6.45, 7) is 1.26. The maximum atomic E-state index is 11.0. The van der Waals surface area contributed by atoms with Gasteiger partial charge in [0.15, 0.2) is 5.60 Å². The summed E-state index contributed by atoms with van der Waals surface area (Å²) < 4.78 is 5.11. The van der Waals surface area contributed by atoms with E-state index in [4.69, 9.17) is 9.84 Å². The van der Waals surface area contributed by atoms with Gasteiger partial charge < -0.3 is 14.9 Å². The van der Waals surface area contributed by atoms with Crippen LogP contribution in [0.1, 0.15) is 12.5 Å². The van der Waals surface area contributed by atoms with Gasteiger partial charge in [0, 0.05) is 0 Å². The third kappa shape index (κ3) is 2.02. The molecule has 1 atom stereocenters. The Bertz CT molecular complexity index is 602. The van der Waals surface area contributed by atoms with Crippen molar-refractivity contribution in [2.75, 3.05) is 7.11 Å². The number of carboxylic acids is 1. The fraction of sp³-hybridized carbons (Fsp3) is 0.214. The standard InChI is InChI=1S/C14H14O4/c1-14(17,13(15)16)11-5-3-10-8-12(18-2)6-4-9(10)7-11/h3-8,17H,1-2H3,(H,15,16). The largest absolute Gasteiger partial charge is 0.497 e. The first-order valence-electron chi connectivity index (χ1n) is 5.49. The van der Waals surface area contributed by atoms with Crippen LogP contribution in [0, 0.1) is 0 Å². The molecule has 4 nitrogen and oxygen atoms in total. The Kier molecular flexibility index (Phi) is 2.97.